The molecule has 1 aromatic rings. The third kappa shape index (κ3) is 4.59. The lowest BCUT2D eigenvalue weighted by Crippen LogP contribution is -2.38. The van der Waals surface area contributed by atoms with Crippen molar-refractivity contribution in [2.45, 2.75) is 51.2 Å². The molecule has 0 heterocycles. The first-order chi connectivity index (χ1) is 9.86. The summed E-state index contributed by atoms with van der Waals surface area (Å²) in [6.45, 7) is 1.45. The van der Waals surface area contributed by atoms with E-state index in [4.69, 9.17) is 12.2 Å². The molecule has 1 aliphatic carbocycles. The van der Waals surface area contributed by atoms with Gasteiger partial charge in [0, 0.05) is 11.7 Å². The van der Waals surface area contributed by atoms with E-state index in [2.05, 4.69) is 10.6 Å². The molecule has 2 rings (SSSR count). The summed E-state index contributed by atoms with van der Waals surface area (Å²) in [4.78, 5) is 0. The van der Waals surface area contributed by atoms with Gasteiger partial charge in [-0.3, -0.25) is 0 Å². The average Bonchev–Trinajstić information content (AvgIpc) is 2.41. The summed E-state index contributed by atoms with van der Waals surface area (Å²) in [6, 6.07) is 4.49. The van der Waals surface area contributed by atoms with E-state index in [1.54, 1.807) is 6.07 Å². The number of hydrogen-bond acceptors (Lipinski definition) is 1. The Morgan fingerprint density at radius 2 is 1.86 bits per heavy atom. The number of alkyl halides is 3. The van der Waals surface area contributed by atoms with Gasteiger partial charge in [0.05, 0.1) is 5.56 Å². The minimum Gasteiger partial charge on any atom is -0.360 e. The summed E-state index contributed by atoms with van der Waals surface area (Å²) in [5.41, 5.74) is -0.0617. The molecular weight excluding hydrogens is 297 g/mol. The second kappa shape index (κ2) is 6.64. The molecule has 0 amide bonds. The lowest BCUT2D eigenvalue weighted by atomic mass is 9.96. The fourth-order valence-electron chi connectivity index (χ4n) is 2.60. The summed E-state index contributed by atoms with van der Waals surface area (Å²) in [5, 5.41) is 6.42. The Morgan fingerprint density at radius 1 is 1.19 bits per heavy atom. The molecule has 0 bridgehead atoms. The predicted molar refractivity (Wildman–Crippen MR) is 82.4 cm³/mol. The van der Waals surface area contributed by atoms with E-state index < -0.39 is 11.7 Å². The minimum atomic E-state index is -4.35. The molecule has 1 fully saturated rings. The van der Waals surface area contributed by atoms with E-state index in [0.717, 1.165) is 18.9 Å². The number of hydrogen-bond donors (Lipinski definition) is 2. The van der Waals surface area contributed by atoms with Gasteiger partial charge < -0.3 is 10.6 Å². The number of benzene rings is 1. The molecule has 21 heavy (non-hydrogen) atoms. The summed E-state index contributed by atoms with van der Waals surface area (Å²) >= 11 is 5.18. The van der Waals surface area contributed by atoms with Gasteiger partial charge >= 0.3 is 6.18 Å². The van der Waals surface area contributed by atoms with Gasteiger partial charge in [0.1, 0.15) is 0 Å². The molecule has 1 aromatic carbocycles. The maximum Gasteiger partial charge on any atom is 0.416 e. The highest BCUT2D eigenvalue weighted by Crippen LogP contribution is 2.33. The lowest BCUT2D eigenvalue weighted by molar-refractivity contribution is -0.138. The van der Waals surface area contributed by atoms with E-state index in [1.165, 1.54) is 32.3 Å². The number of aryl methyl sites for hydroxylation is 1. The van der Waals surface area contributed by atoms with Gasteiger partial charge in [-0.2, -0.15) is 13.2 Å². The van der Waals surface area contributed by atoms with Crippen LogP contribution in [0.5, 0.6) is 0 Å². The lowest BCUT2D eigenvalue weighted by Gasteiger charge is -2.24. The maximum atomic E-state index is 12.9. The highest BCUT2D eigenvalue weighted by Gasteiger charge is 2.32. The smallest absolute Gasteiger partial charge is 0.360 e. The molecule has 0 spiro atoms. The van der Waals surface area contributed by atoms with E-state index >= 15 is 0 Å². The van der Waals surface area contributed by atoms with E-state index in [-0.39, 0.29) is 5.56 Å². The fraction of sp³-hybridized carbons (Fsp3) is 0.533. The van der Waals surface area contributed by atoms with Crippen LogP contribution in [0.2, 0.25) is 0 Å². The molecule has 2 nitrogen and oxygen atoms in total. The van der Waals surface area contributed by atoms with Crippen LogP contribution < -0.4 is 10.6 Å². The summed E-state index contributed by atoms with van der Waals surface area (Å²) in [5.74, 6) is 0. The topological polar surface area (TPSA) is 24.1 Å². The van der Waals surface area contributed by atoms with Crippen LogP contribution in [0.3, 0.4) is 0 Å². The molecule has 0 radical (unpaired) electrons. The molecule has 2 N–H and O–H groups in total. The molecule has 0 saturated heterocycles. The SMILES string of the molecule is Cc1ccc(NC(=S)NC2CCCCC2)cc1C(F)(F)F. The first-order valence-corrected chi connectivity index (χ1v) is 7.52. The normalized spacial score (nSPS) is 16.6. The zero-order chi connectivity index (χ0) is 15.5. The summed E-state index contributed by atoms with van der Waals surface area (Å²) in [6.07, 6.45) is 1.35. The van der Waals surface area contributed by atoms with Crippen LogP contribution >= 0.6 is 12.2 Å². The zero-order valence-electron chi connectivity index (χ0n) is 11.9. The molecular formula is C15H19F3N2S. The predicted octanol–water partition coefficient (Wildman–Crippen LogP) is 4.63. The van der Waals surface area contributed by atoms with E-state index in [0.29, 0.717) is 16.8 Å². The Balaban J connectivity index is 2.00. The monoisotopic (exact) mass is 316 g/mol. The third-order valence-corrected chi connectivity index (χ3v) is 3.96. The summed E-state index contributed by atoms with van der Waals surface area (Å²) in [7, 11) is 0. The highest BCUT2D eigenvalue weighted by atomic mass is 32.1. The molecule has 1 saturated carbocycles. The number of rotatable bonds is 2. The zero-order valence-corrected chi connectivity index (χ0v) is 12.7. The Labute approximate surface area is 128 Å². The molecule has 0 atom stereocenters. The van der Waals surface area contributed by atoms with Gasteiger partial charge in [0.2, 0.25) is 0 Å². The Kier molecular flexibility index (Phi) is 5.08. The quantitative estimate of drug-likeness (QED) is 0.778. The van der Waals surface area contributed by atoms with Crippen molar-refractivity contribution in [3.8, 4) is 0 Å². The van der Waals surface area contributed by atoms with Crippen LogP contribution in [-0.2, 0) is 6.18 Å². The van der Waals surface area contributed by atoms with Gasteiger partial charge in [-0.05, 0) is 49.7 Å². The Hall–Kier alpha value is -1.30. The second-order valence-corrected chi connectivity index (χ2v) is 5.87. The van der Waals surface area contributed by atoms with Crippen molar-refractivity contribution < 1.29 is 13.2 Å². The molecule has 0 unspecified atom stereocenters. The average molecular weight is 316 g/mol. The van der Waals surface area contributed by atoms with Crippen molar-refractivity contribution in [2.24, 2.45) is 0 Å². The van der Waals surface area contributed by atoms with Gasteiger partial charge in [0.15, 0.2) is 5.11 Å². The van der Waals surface area contributed by atoms with Crippen LogP contribution in [0.1, 0.15) is 43.2 Å². The standard InChI is InChI=1S/C15H19F3N2S/c1-10-7-8-12(9-13(10)15(16,17)18)20-14(21)19-11-5-3-2-4-6-11/h7-9,11H,2-6H2,1H3,(H2,19,20,21). The number of halogens is 3. The van der Waals surface area contributed by atoms with Gasteiger partial charge in [-0.25, -0.2) is 0 Å². The van der Waals surface area contributed by atoms with Crippen molar-refractivity contribution in [1.82, 2.24) is 5.32 Å². The summed E-state index contributed by atoms with van der Waals surface area (Å²) < 4.78 is 38.6. The minimum absolute atomic E-state index is 0.208. The van der Waals surface area contributed by atoms with Crippen LogP contribution in [-0.4, -0.2) is 11.2 Å². The van der Waals surface area contributed by atoms with E-state index in [1.807, 2.05) is 0 Å². The Bertz CT molecular complexity index is 508. The van der Waals surface area contributed by atoms with Crippen molar-refractivity contribution >= 4 is 23.0 Å². The van der Waals surface area contributed by atoms with Gasteiger partial charge in [-0.15, -0.1) is 0 Å². The number of thiocarbonyl (C=S) groups is 1. The molecule has 116 valence electrons. The second-order valence-electron chi connectivity index (χ2n) is 5.46. The maximum absolute atomic E-state index is 12.9. The third-order valence-electron chi connectivity index (χ3n) is 3.74. The van der Waals surface area contributed by atoms with E-state index in [9.17, 15) is 13.2 Å². The molecule has 0 aliphatic heterocycles. The van der Waals surface area contributed by atoms with Crippen LogP contribution in [0.25, 0.3) is 0 Å². The number of nitrogens with one attached hydrogen (secondary N) is 2. The Morgan fingerprint density at radius 3 is 2.48 bits per heavy atom. The van der Waals surface area contributed by atoms with Crippen molar-refractivity contribution in [3.05, 3.63) is 29.3 Å². The molecule has 6 heteroatoms. The van der Waals surface area contributed by atoms with Crippen molar-refractivity contribution in [3.63, 3.8) is 0 Å². The number of anilines is 1. The van der Waals surface area contributed by atoms with Crippen LogP contribution in [0.4, 0.5) is 18.9 Å². The molecule has 1 aliphatic rings. The van der Waals surface area contributed by atoms with Gasteiger partial charge in [0.25, 0.3) is 0 Å². The first-order valence-electron chi connectivity index (χ1n) is 7.11. The fourth-order valence-corrected chi connectivity index (χ4v) is 2.89. The molecule has 0 aromatic heterocycles. The van der Waals surface area contributed by atoms with Crippen LogP contribution in [0, 0.1) is 6.92 Å². The van der Waals surface area contributed by atoms with Crippen LogP contribution in [0.15, 0.2) is 18.2 Å². The largest absolute Gasteiger partial charge is 0.416 e. The first kappa shape index (κ1) is 16.1. The van der Waals surface area contributed by atoms with Crippen molar-refractivity contribution in [1.29, 1.82) is 0 Å². The van der Waals surface area contributed by atoms with Crippen molar-refractivity contribution in [2.75, 3.05) is 5.32 Å². The highest BCUT2D eigenvalue weighted by molar-refractivity contribution is 7.80. The van der Waals surface area contributed by atoms with Gasteiger partial charge in [-0.1, -0.05) is 25.3 Å².